The topological polar surface area (TPSA) is 64.6 Å². The van der Waals surface area contributed by atoms with E-state index in [2.05, 4.69) is 5.32 Å². The Morgan fingerprint density at radius 2 is 1.47 bits per heavy atom. The lowest BCUT2D eigenvalue weighted by Gasteiger charge is -2.26. The highest BCUT2D eigenvalue weighted by Crippen LogP contribution is 2.12. The molecule has 0 heterocycles. The van der Waals surface area contributed by atoms with Crippen LogP contribution in [-0.4, -0.2) is 29.3 Å². The van der Waals surface area contributed by atoms with Crippen molar-refractivity contribution in [3.8, 4) is 0 Å². The maximum atomic E-state index is 12.0. The van der Waals surface area contributed by atoms with E-state index in [1.165, 1.54) is 0 Å². The Morgan fingerprint density at radius 3 is 1.84 bits per heavy atom. The van der Waals surface area contributed by atoms with Gasteiger partial charge in [0.15, 0.2) is 0 Å². The van der Waals surface area contributed by atoms with E-state index >= 15 is 0 Å². The molecule has 1 unspecified atom stereocenters. The van der Waals surface area contributed by atoms with Crippen molar-refractivity contribution in [1.82, 2.24) is 5.32 Å². The summed E-state index contributed by atoms with van der Waals surface area (Å²) in [6.45, 7) is 12.6. The average molecular weight is 273 g/mol. The minimum atomic E-state index is -0.668. The van der Waals surface area contributed by atoms with E-state index < -0.39 is 29.3 Å². The zero-order valence-corrected chi connectivity index (χ0v) is 13.1. The van der Waals surface area contributed by atoms with Crippen molar-refractivity contribution in [2.75, 3.05) is 0 Å². The van der Waals surface area contributed by atoms with Crippen LogP contribution < -0.4 is 5.32 Å². The summed E-state index contributed by atoms with van der Waals surface area (Å²) >= 11 is 0. The molecular formula is C14H27NO4. The second-order valence-corrected chi connectivity index (χ2v) is 6.52. The Hall–Kier alpha value is -1.26. The van der Waals surface area contributed by atoms with E-state index in [1.54, 1.807) is 41.5 Å². The van der Waals surface area contributed by atoms with E-state index in [-0.39, 0.29) is 0 Å². The lowest BCUT2D eigenvalue weighted by Crippen LogP contribution is -2.45. The Bertz CT molecular complexity index is 312. The highest BCUT2D eigenvalue weighted by molar-refractivity contribution is 5.81. The predicted octanol–water partition coefficient (Wildman–Crippen LogP) is 3.02. The molecule has 1 amide bonds. The molecule has 0 bridgehead atoms. The van der Waals surface area contributed by atoms with Gasteiger partial charge in [0.2, 0.25) is 0 Å². The van der Waals surface area contributed by atoms with Crippen LogP contribution in [0.2, 0.25) is 0 Å². The van der Waals surface area contributed by atoms with Gasteiger partial charge >= 0.3 is 12.1 Å². The molecule has 0 saturated carbocycles. The van der Waals surface area contributed by atoms with Gasteiger partial charge in [-0.05, 0) is 48.0 Å². The second kappa shape index (κ2) is 6.78. The van der Waals surface area contributed by atoms with Gasteiger partial charge in [0.05, 0.1) is 0 Å². The minimum Gasteiger partial charge on any atom is -0.458 e. The van der Waals surface area contributed by atoms with E-state index in [1.807, 2.05) is 6.92 Å². The first-order valence-corrected chi connectivity index (χ1v) is 6.67. The van der Waals surface area contributed by atoms with Crippen LogP contribution in [-0.2, 0) is 14.3 Å². The van der Waals surface area contributed by atoms with E-state index in [9.17, 15) is 9.59 Å². The van der Waals surface area contributed by atoms with Crippen LogP contribution >= 0.6 is 0 Å². The smallest absolute Gasteiger partial charge is 0.408 e. The highest BCUT2D eigenvalue weighted by atomic mass is 16.6. The highest BCUT2D eigenvalue weighted by Gasteiger charge is 2.27. The minimum absolute atomic E-state index is 0.430. The molecule has 0 fully saturated rings. The Balaban J connectivity index is 4.57. The summed E-state index contributed by atoms with van der Waals surface area (Å²) in [4.78, 5) is 23.6. The molecule has 0 aliphatic rings. The van der Waals surface area contributed by atoms with Crippen LogP contribution in [0.25, 0.3) is 0 Å². The van der Waals surface area contributed by atoms with Crippen LogP contribution in [0.5, 0.6) is 0 Å². The van der Waals surface area contributed by atoms with Crippen molar-refractivity contribution >= 4 is 12.1 Å². The molecule has 0 radical (unpaired) electrons. The van der Waals surface area contributed by atoms with Crippen LogP contribution in [0.1, 0.15) is 61.3 Å². The van der Waals surface area contributed by atoms with E-state index in [0.29, 0.717) is 6.42 Å². The Kier molecular flexibility index (Phi) is 6.33. The number of alkyl carbamates (subject to hydrolysis) is 1. The molecule has 0 aromatic carbocycles. The van der Waals surface area contributed by atoms with Crippen molar-refractivity contribution < 1.29 is 19.1 Å². The number of amides is 1. The fourth-order valence-electron chi connectivity index (χ4n) is 1.36. The molecule has 0 aliphatic heterocycles. The third kappa shape index (κ3) is 9.33. The number of carbonyl (C=O) groups is 2. The van der Waals surface area contributed by atoms with Crippen LogP contribution in [0.3, 0.4) is 0 Å². The fraction of sp³-hybridized carbons (Fsp3) is 0.857. The van der Waals surface area contributed by atoms with Crippen LogP contribution in [0.15, 0.2) is 0 Å². The third-order valence-electron chi connectivity index (χ3n) is 1.96. The molecule has 0 saturated heterocycles. The average Bonchev–Trinajstić information content (AvgIpc) is 2.10. The van der Waals surface area contributed by atoms with Gasteiger partial charge < -0.3 is 14.8 Å². The quantitative estimate of drug-likeness (QED) is 0.800. The molecule has 0 aliphatic carbocycles. The fourth-order valence-corrected chi connectivity index (χ4v) is 1.36. The molecule has 19 heavy (non-hydrogen) atoms. The molecule has 112 valence electrons. The summed E-state index contributed by atoms with van der Waals surface area (Å²) in [6, 6.07) is -0.668. The van der Waals surface area contributed by atoms with Gasteiger partial charge in [-0.15, -0.1) is 0 Å². The van der Waals surface area contributed by atoms with Gasteiger partial charge in [0, 0.05) is 0 Å². The summed E-state index contributed by atoms with van der Waals surface area (Å²) in [5.41, 5.74) is -1.16. The van der Waals surface area contributed by atoms with Gasteiger partial charge in [-0.1, -0.05) is 13.3 Å². The first kappa shape index (κ1) is 17.7. The van der Waals surface area contributed by atoms with Crippen molar-refractivity contribution in [2.24, 2.45) is 0 Å². The summed E-state index contributed by atoms with van der Waals surface area (Å²) in [7, 11) is 0. The number of carbonyl (C=O) groups excluding carboxylic acids is 2. The molecule has 1 atom stereocenters. The number of esters is 1. The van der Waals surface area contributed by atoms with Gasteiger partial charge in [0.25, 0.3) is 0 Å². The summed E-state index contributed by atoms with van der Waals surface area (Å²) in [5.74, 6) is -0.430. The lowest BCUT2D eigenvalue weighted by atomic mass is 10.1. The van der Waals surface area contributed by atoms with Crippen LogP contribution in [0.4, 0.5) is 4.79 Å². The number of rotatable bonds is 4. The zero-order chi connectivity index (χ0) is 15.3. The maximum absolute atomic E-state index is 12.0. The lowest BCUT2D eigenvalue weighted by molar-refractivity contribution is -0.157. The second-order valence-electron chi connectivity index (χ2n) is 6.52. The molecule has 0 aromatic rings. The molecular weight excluding hydrogens is 246 g/mol. The first-order chi connectivity index (χ1) is 8.44. The largest absolute Gasteiger partial charge is 0.458 e. The molecule has 0 spiro atoms. The summed E-state index contributed by atoms with van der Waals surface area (Å²) in [5, 5.41) is 2.56. The maximum Gasteiger partial charge on any atom is 0.408 e. The van der Waals surface area contributed by atoms with Crippen molar-refractivity contribution in [2.45, 2.75) is 78.6 Å². The Morgan fingerprint density at radius 1 is 1.00 bits per heavy atom. The zero-order valence-electron chi connectivity index (χ0n) is 13.1. The van der Waals surface area contributed by atoms with Gasteiger partial charge in [-0.25, -0.2) is 9.59 Å². The monoisotopic (exact) mass is 273 g/mol. The van der Waals surface area contributed by atoms with Gasteiger partial charge in [-0.2, -0.15) is 0 Å². The third-order valence-corrected chi connectivity index (χ3v) is 1.96. The van der Waals surface area contributed by atoms with E-state index in [4.69, 9.17) is 9.47 Å². The van der Waals surface area contributed by atoms with Gasteiger partial charge in [0.1, 0.15) is 17.2 Å². The summed E-state index contributed by atoms with van der Waals surface area (Å²) in [6.07, 6.45) is 0.685. The normalized spacial score (nSPS) is 13.6. The SMILES string of the molecule is CCCC(NC(=O)OC(C)(C)C)C(=O)OC(C)(C)C. The molecule has 0 rings (SSSR count). The van der Waals surface area contributed by atoms with E-state index in [0.717, 1.165) is 6.42 Å². The number of hydrogen-bond donors (Lipinski definition) is 1. The summed E-state index contributed by atoms with van der Waals surface area (Å²) < 4.78 is 10.4. The molecule has 0 aromatic heterocycles. The predicted molar refractivity (Wildman–Crippen MR) is 73.9 cm³/mol. The van der Waals surface area contributed by atoms with Gasteiger partial charge in [-0.3, -0.25) is 0 Å². The molecule has 1 N–H and O–H groups in total. The molecule has 5 nitrogen and oxygen atoms in total. The van der Waals surface area contributed by atoms with Crippen molar-refractivity contribution in [1.29, 1.82) is 0 Å². The van der Waals surface area contributed by atoms with Crippen molar-refractivity contribution in [3.05, 3.63) is 0 Å². The Labute approximate surface area is 116 Å². The van der Waals surface area contributed by atoms with Crippen LogP contribution in [0, 0.1) is 0 Å². The number of nitrogens with one attached hydrogen (secondary N) is 1. The standard InChI is InChI=1S/C14H27NO4/c1-8-9-10(11(16)18-13(2,3)4)15-12(17)19-14(5,6)7/h10H,8-9H2,1-7H3,(H,15,17). The van der Waals surface area contributed by atoms with Crippen molar-refractivity contribution in [3.63, 3.8) is 0 Å². The first-order valence-electron chi connectivity index (χ1n) is 6.67. The number of hydrogen-bond acceptors (Lipinski definition) is 4. The number of ether oxygens (including phenoxy) is 2. The molecule has 5 heteroatoms.